The number of nitrogen functional groups attached to an aromatic ring is 1. The van der Waals surface area contributed by atoms with Gasteiger partial charge in [0.1, 0.15) is 12.1 Å². The highest BCUT2D eigenvalue weighted by Gasteiger charge is 2.15. The van der Waals surface area contributed by atoms with Crippen LogP contribution in [0.1, 0.15) is 0 Å². The molecule has 0 bridgehead atoms. The lowest BCUT2D eigenvalue weighted by atomic mass is 10.0. The lowest BCUT2D eigenvalue weighted by Crippen LogP contribution is -2.02. The van der Waals surface area contributed by atoms with Gasteiger partial charge >= 0.3 is 0 Å². The molecule has 2 aromatic rings. The minimum Gasteiger partial charge on any atom is -0.612 e. The molecule has 0 aliphatic carbocycles. The summed E-state index contributed by atoms with van der Waals surface area (Å²) in [6, 6.07) is 11.8. The van der Waals surface area contributed by atoms with Crippen LogP contribution in [0.25, 0.3) is 11.1 Å². The first-order valence-corrected chi connectivity index (χ1v) is 6.64. The van der Waals surface area contributed by atoms with Crippen LogP contribution in [0, 0.1) is 5.82 Å². The smallest absolute Gasteiger partial charge is 0.160 e. The molecule has 2 N–H and O–H groups in total. The molecule has 1 atom stereocenters. The van der Waals surface area contributed by atoms with E-state index in [-0.39, 0.29) is 5.69 Å². The molecule has 0 spiro atoms. The number of benzene rings is 2. The van der Waals surface area contributed by atoms with Gasteiger partial charge in [0.2, 0.25) is 0 Å². The van der Waals surface area contributed by atoms with Crippen LogP contribution in [0.3, 0.4) is 0 Å². The maximum atomic E-state index is 13.4. The molecule has 2 rings (SSSR count). The maximum absolute atomic E-state index is 13.4. The second kappa shape index (κ2) is 4.77. The Bertz CT molecular complexity index is 543. The molecule has 0 radical (unpaired) electrons. The molecule has 0 saturated heterocycles. The summed E-state index contributed by atoms with van der Waals surface area (Å²) in [6.07, 6.45) is 1.59. The second-order valence-corrected chi connectivity index (χ2v) is 5.00. The number of rotatable bonds is 2. The molecule has 0 heterocycles. The fourth-order valence-corrected chi connectivity index (χ4v) is 2.47. The predicted octanol–water partition coefficient (Wildman–Crippen LogP) is 2.81. The topological polar surface area (TPSA) is 49.1 Å². The van der Waals surface area contributed by atoms with Crippen molar-refractivity contribution in [2.75, 3.05) is 12.0 Å². The Kier molecular flexibility index (Phi) is 3.36. The van der Waals surface area contributed by atoms with Gasteiger partial charge in [0.05, 0.1) is 5.69 Å². The molecule has 2 nitrogen and oxygen atoms in total. The molecule has 0 aliphatic rings. The number of para-hydroxylation sites is 1. The van der Waals surface area contributed by atoms with Gasteiger partial charge in [0.25, 0.3) is 0 Å². The van der Waals surface area contributed by atoms with Crippen molar-refractivity contribution < 1.29 is 8.94 Å². The largest absolute Gasteiger partial charge is 0.612 e. The summed E-state index contributed by atoms with van der Waals surface area (Å²) in [4.78, 5) is 0.657. The van der Waals surface area contributed by atoms with Gasteiger partial charge in [-0.3, -0.25) is 0 Å². The highest BCUT2D eigenvalue weighted by Crippen LogP contribution is 2.32. The summed E-state index contributed by atoms with van der Waals surface area (Å²) < 4.78 is 25.0. The van der Waals surface area contributed by atoms with E-state index in [2.05, 4.69) is 0 Å². The Hall–Kier alpha value is -1.52. The predicted molar refractivity (Wildman–Crippen MR) is 68.6 cm³/mol. The van der Waals surface area contributed by atoms with Gasteiger partial charge < -0.3 is 10.3 Å². The SMILES string of the molecule is C[S+]([O-])c1ccccc1-c1cccc(F)c1N. The van der Waals surface area contributed by atoms with E-state index in [9.17, 15) is 8.94 Å². The zero-order chi connectivity index (χ0) is 12.4. The minimum absolute atomic E-state index is 0.0883. The van der Waals surface area contributed by atoms with Crippen LogP contribution < -0.4 is 5.73 Å². The highest BCUT2D eigenvalue weighted by molar-refractivity contribution is 7.90. The first-order chi connectivity index (χ1) is 8.11. The summed E-state index contributed by atoms with van der Waals surface area (Å²) in [5, 5.41) is 0. The summed E-state index contributed by atoms with van der Waals surface area (Å²) in [6.45, 7) is 0. The Morgan fingerprint density at radius 1 is 1.06 bits per heavy atom. The molecule has 1 unspecified atom stereocenters. The fraction of sp³-hybridized carbons (Fsp3) is 0.0769. The first-order valence-electron chi connectivity index (χ1n) is 5.08. The summed E-state index contributed by atoms with van der Waals surface area (Å²) in [7, 11) is 0. The van der Waals surface area contributed by atoms with Crippen molar-refractivity contribution in [2.24, 2.45) is 0 Å². The molecule has 0 aliphatic heterocycles. The molecule has 0 saturated carbocycles. The van der Waals surface area contributed by atoms with E-state index in [4.69, 9.17) is 5.73 Å². The third-order valence-corrected chi connectivity index (χ3v) is 3.52. The summed E-state index contributed by atoms with van der Waals surface area (Å²) >= 11 is -1.13. The van der Waals surface area contributed by atoms with Crippen LogP contribution in [0.5, 0.6) is 0 Å². The molecular weight excluding hydrogens is 237 g/mol. The third kappa shape index (κ3) is 2.28. The van der Waals surface area contributed by atoms with E-state index in [1.165, 1.54) is 6.07 Å². The van der Waals surface area contributed by atoms with E-state index in [0.29, 0.717) is 16.0 Å². The molecule has 17 heavy (non-hydrogen) atoms. The normalized spacial score (nSPS) is 12.4. The summed E-state index contributed by atoms with van der Waals surface area (Å²) in [5.41, 5.74) is 7.09. The van der Waals surface area contributed by atoms with Gasteiger partial charge in [-0.1, -0.05) is 24.3 Å². The average Bonchev–Trinajstić information content (AvgIpc) is 2.33. The van der Waals surface area contributed by atoms with Crippen LogP contribution >= 0.6 is 0 Å². The monoisotopic (exact) mass is 249 g/mol. The van der Waals surface area contributed by atoms with Crippen molar-refractivity contribution in [3.05, 3.63) is 48.3 Å². The van der Waals surface area contributed by atoms with Crippen LogP contribution in [0.2, 0.25) is 0 Å². The fourth-order valence-electron chi connectivity index (χ4n) is 1.71. The number of halogens is 1. The van der Waals surface area contributed by atoms with Crippen LogP contribution in [-0.2, 0) is 11.2 Å². The number of nitrogens with two attached hydrogens (primary N) is 1. The van der Waals surface area contributed by atoms with Gasteiger partial charge in [-0.2, -0.15) is 0 Å². The molecule has 4 heteroatoms. The molecule has 2 aromatic carbocycles. The number of hydrogen-bond acceptors (Lipinski definition) is 2. The van der Waals surface area contributed by atoms with E-state index < -0.39 is 17.0 Å². The van der Waals surface area contributed by atoms with Gasteiger partial charge in [0, 0.05) is 11.1 Å². The quantitative estimate of drug-likeness (QED) is 0.657. The van der Waals surface area contributed by atoms with Crippen molar-refractivity contribution in [2.45, 2.75) is 4.90 Å². The zero-order valence-corrected chi connectivity index (χ0v) is 10.1. The van der Waals surface area contributed by atoms with Crippen molar-refractivity contribution in [1.82, 2.24) is 0 Å². The Morgan fingerprint density at radius 2 is 1.71 bits per heavy atom. The van der Waals surface area contributed by atoms with Crippen molar-refractivity contribution in [1.29, 1.82) is 0 Å². The minimum atomic E-state index is -1.13. The standard InChI is InChI=1S/C13H12FNOS/c1-17(16)12-8-3-2-5-9(12)10-6-4-7-11(14)13(10)15/h2-8H,15H2,1H3. The molecule has 0 aromatic heterocycles. The third-order valence-electron chi connectivity index (χ3n) is 2.54. The van der Waals surface area contributed by atoms with E-state index in [1.54, 1.807) is 36.6 Å². The lowest BCUT2D eigenvalue weighted by molar-refractivity contribution is 0.601. The maximum Gasteiger partial charge on any atom is 0.160 e. The summed E-state index contributed by atoms with van der Waals surface area (Å²) in [5.74, 6) is -0.459. The zero-order valence-electron chi connectivity index (χ0n) is 9.31. The van der Waals surface area contributed by atoms with Crippen LogP contribution in [0.15, 0.2) is 47.4 Å². The first kappa shape index (κ1) is 12.0. The molecular formula is C13H12FNOS. The molecule has 0 amide bonds. The van der Waals surface area contributed by atoms with Crippen molar-refractivity contribution >= 4 is 16.9 Å². The molecule has 88 valence electrons. The molecule has 0 fully saturated rings. The van der Waals surface area contributed by atoms with Gasteiger partial charge in [-0.15, -0.1) is 0 Å². The Morgan fingerprint density at radius 3 is 2.41 bits per heavy atom. The average molecular weight is 249 g/mol. The number of anilines is 1. The Labute approximate surface area is 102 Å². The number of hydrogen-bond donors (Lipinski definition) is 1. The Balaban J connectivity index is 2.64. The van der Waals surface area contributed by atoms with Crippen molar-refractivity contribution in [3.63, 3.8) is 0 Å². The van der Waals surface area contributed by atoms with Crippen LogP contribution in [-0.4, -0.2) is 10.8 Å². The van der Waals surface area contributed by atoms with Gasteiger partial charge in [-0.05, 0) is 29.4 Å². The van der Waals surface area contributed by atoms with E-state index >= 15 is 0 Å². The van der Waals surface area contributed by atoms with E-state index in [1.807, 2.05) is 6.07 Å². The van der Waals surface area contributed by atoms with Gasteiger partial charge in [-0.25, -0.2) is 4.39 Å². The van der Waals surface area contributed by atoms with Crippen LogP contribution in [0.4, 0.5) is 10.1 Å². The lowest BCUT2D eigenvalue weighted by Gasteiger charge is -2.12. The van der Waals surface area contributed by atoms with Crippen molar-refractivity contribution in [3.8, 4) is 11.1 Å². The van der Waals surface area contributed by atoms with Gasteiger partial charge in [0.15, 0.2) is 4.90 Å². The highest BCUT2D eigenvalue weighted by atomic mass is 32.2. The van der Waals surface area contributed by atoms with E-state index in [0.717, 1.165) is 0 Å². The second-order valence-electron chi connectivity index (χ2n) is 3.65.